The van der Waals surface area contributed by atoms with Gasteiger partial charge in [0.05, 0.1) is 13.2 Å². The molecule has 0 saturated heterocycles. The standard InChI is InChI=1S/C13H22O2/c1-5-9-12(8-4)13(14-10-6-2)15-11-7-3/h5-7,12-13H,1-3,8-11H2,4H3. The van der Waals surface area contributed by atoms with E-state index in [0.29, 0.717) is 19.1 Å². The molecule has 0 aliphatic heterocycles. The lowest BCUT2D eigenvalue weighted by molar-refractivity contribution is -0.158. The van der Waals surface area contributed by atoms with E-state index < -0.39 is 0 Å². The predicted molar refractivity (Wildman–Crippen MR) is 64.7 cm³/mol. The average Bonchev–Trinajstić information content (AvgIpc) is 2.27. The SMILES string of the molecule is C=CCOC(OCC=C)C(CC)CC=C. The van der Waals surface area contributed by atoms with Gasteiger partial charge in [0.25, 0.3) is 0 Å². The second-order valence-electron chi connectivity index (χ2n) is 3.31. The molecule has 86 valence electrons. The van der Waals surface area contributed by atoms with Gasteiger partial charge in [-0.1, -0.05) is 25.2 Å². The molecule has 0 aliphatic rings. The smallest absolute Gasteiger partial charge is 0.161 e. The predicted octanol–water partition coefficient (Wildman–Crippen LogP) is 3.32. The molecule has 2 heteroatoms. The lowest BCUT2D eigenvalue weighted by atomic mass is 10.0. The highest BCUT2D eigenvalue weighted by Crippen LogP contribution is 2.18. The van der Waals surface area contributed by atoms with Crippen LogP contribution in [0.15, 0.2) is 38.0 Å². The fourth-order valence-corrected chi connectivity index (χ4v) is 1.33. The third-order valence-electron chi connectivity index (χ3n) is 2.14. The van der Waals surface area contributed by atoms with Crippen LogP contribution in [0.25, 0.3) is 0 Å². The van der Waals surface area contributed by atoms with E-state index >= 15 is 0 Å². The molecule has 0 bridgehead atoms. The molecule has 1 unspecified atom stereocenters. The summed E-state index contributed by atoms with van der Waals surface area (Å²) in [4.78, 5) is 0. The zero-order valence-corrected chi connectivity index (χ0v) is 9.65. The summed E-state index contributed by atoms with van der Waals surface area (Å²) in [5.41, 5.74) is 0. The molecule has 0 saturated carbocycles. The van der Waals surface area contributed by atoms with Crippen molar-refractivity contribution in [3.63, 3.8) is 0 Å². The van der Waals surface area contributed by atoms with Gasteiger partial charge in [-0.05, 0) is 12.8 Å². The van der Waals surface area contributed by atoms with Gasteiger partial charge in [0.2, 0.25) is 0 Å². The van der Waals surface area contributed by atoms with Crippen LogP contribution in [-0.2, 0) is 9.47 Å². The number of ether oxygens (including phenoxy) is 2. The Bertz CT molecular complexity index is 175. The summed E-state index contributed by atoms with van der Waals surface area (Å²) in [6.45, 7) is 14.1. The number of hydrogen-bond donors (Lipinski definition) is 0. The van der Waals surface area contributed by atoms with Crippen molar-refractivity contribution in [3.8, 4) is 0 Å². The highest BCUT2D eigenvalue weighted by molar-refractivity contribution is 4.77. The molecule has 0 N–H and O–H groups in total. The van der Waals surface area contributed by atoms with Crippen LogP contribution in [0, 0.1) is 5.92 Å². The molecule has 0 aromatic rings. The van der Waals surface area contributed by atoms with E-state index in [4.69, 9.17) is 9.47 Å². The second-order valence-corrected chi connectivity index (χ2v) is 3.31. The first-order chi connectivity index (χ1) is 7.29. The number of hydrogen-bond acceptors (Lipinski definition) is 2. The van der Waals surface area contributed by atoms with Gasteiger partial charge in [-0.3, -0.25) is 0 Å². The average molecular weight is 210 g/mol. The van der Waals surface area contributed by atoms with Crippen molar-refractivity contribution in [1.29, 1.82) is 0 Å². The van der Waals surface area contributed by atoms with Gasteiger partial charge < -0.3 is 9.47 Å². The van der Waals surface area contributed by atoms with E-state index in [0.717, 1.165) is 12.8 Å². The summed E-state index contributed by atoms with van der Waals surface area (Å²) < 4.78 is 11.1. The maximum Gasteiger partial charge on any atom is 0.161 e. The Morgan fingerprint density at radius 1 is 1.00 bits per heavy atom. The first-order valence-corrected chi connectivity index (χ1v) is 5.36. The first kappa shape index (κ1) is 14.1. The molecule has 0 spiro atoms. The Kier molecular flexibility index (Phi) is 9.13. The molecule has 0 fully saturated rings. The van der Waals surface area contributed by atoms with E-state index in [9.17, 15) is 0 Å². The van der Waals surface area contributed by atoms with Crippen molar-refractivity contribution in [2.75, 3.05) is 13.2 Å². The molecular weight excluding hydrogens is 188 g/mol. The summed E-state index contributed by atoms with van der Waals surface area (Å²) in [6, 6.07) is 0. The number of rotatable bonds is 10. The number of allylic oxidation sites excluding steroid dienone is 1. The molecule has 0 aromatic heterocycles. The van der Waals surface area contributed by atoms with Gasteiger partial charge in [-0.2, -0.15) is 0 Å². The quantitative estimate of drug-likeness (QED) is 0.407. The van der Waals surface area contributed by atoms with E-state index in [2.05, 4.69) is 26.7 Å². The Hall–Kier alpha value is -0.860. The van der Waals surface area contributed by atoms with Gasteiger partial charge in [-0.15, -0.1) is 19.7 Å². The van der Waals surface area contributed by atoms with E-state index in [1.54, 1.807) is 12.2 Å². The van der Waals surface area contributed by atoms with Gasteiger partial charge in [0.1, 0.15) is 0 Å². The maximum atomic E-state index is 5.56. The summed E-state index contributed by atoms with van der Waals surface area (Å²) in [5.74, 6) is 0.349. The third kappa shape index (κ3) is 6.26. The molecular formula is C13H22O2. The van der Waals surface area contributed by atoms with Crippen LogP contribution < -0.4 is 0 Å². The minimum Gasteiger partial charge on any atom is -0.348 e. The molecule has 1 atom stereocenters. The van der Waals surface area contributed by atoms with E-state index in [1.807, 2.05) is 6.08 Å². The Balaban J connectivity index is 4.19. The molecule has 0 amide bonds. The summed E-state index contributed by atoms with van der Waals surface area (Å²) >= 11 is 0. The molecule has 0 radical (unpaired) electrons. The van der Waals surface area contributed by atoms with Crippen LogP contribution in [0.4, 0.5) is 0 Å². The first-order valence-electron chi connectivity index (χ1n) is 5.36. The topological polar surface area (TPSA) is 18.5 Å². The highest BCUT2D eigenvalue weighted by atomic mass is 16.7. The van der Waals surface area contributed by atoms with Crippen LogP contribution in [-0.4, -0.2) is 19.5 Å². The Morgan fingerprint density at radius 2 is 1.53 bits per heavy atom. The molecule has 0 heterocycles. The van der Waals surface area contributed by atoms with Crippen LogP contribution in [0.2, 0.25) is 0 Å². The van der Waals surface area contributed by atoms with Crippen molar-refractivity contribution in [2.45, 2.75) is 26.1 Å². The highest BCUT2D eigenvalue weighted by Gasteiger charge is 2.19. The molecule has 2 nitrogen and oxygen atoms in total. The van der Waals surface area contributed by atoms with Crippen LogP contribution in [0.3, 0.4) is 0 Å². The monoisotopic (exact) mass is 210 g/mol. The van der Waals surface area contributed by atoms with Crippen molar-refractivity contribution in [3.05, 3.63) is 38.0 Å². The Labute approximate surface area is 93.3 Å². The third-order valence-corrected chi connectivity index (χ3v) is 2.14. The maximum absolute atomic E-state index is 5.56. The van der Waals surface area contributed by atoms with Gasteiger partial charge in [0, 0.05) is 5.92 Å². The van der Waals surface area contributed by atoms with Crippen molar-refractivity contribution < 1.29 is 9.47 Å². The van der Waals surface area contributed by atoms with Gasteiger partial charge in [-0.25, -0.2) is 0 Å². The van der Waals surface area contributed by atoms with E-state index in [-0.39, 0.29) is 6.29 Å². The molecule has 15 heavy (non-hydrogen) atoms. The zero-order valence-electron chi connectivity index (χ0n) is 9.65. The lowest BCUT2D eigenvalue weighted by Gasteiger charge is -2.24. The lowest BCUT2D eigenvalue weighted by Crippen LogP contribution is -2.27. The minimum atomic E-state index is -0.191. The van der Waals surface area contributed by atoms with Crippen LogP contribution >= 0.6 is 0 Å². The van der Waals surface area contributed by atoms with Crippen LogP contribution in [0.1, 0.15) is 19.8 Å². The second kappa shape index (κ2) is 9.69. The van der Waals surface area contributed by atoms with Crippen molar-refractivity contribution in [2.24, 2.45) is 5.92 Å². The fraction of sp³-hybridized carbons (Fsp3) is 0.538. The minimum absolute atomic E-state index is 0.191. The van der Waals surface area contributed by atoms with E-state index in [1.165, 1.54) is 0 Å². The Morgan fingerprint density at radius 3 is 1.87 bits per heavy atom. The summed E-state index contributed by atoms with van der Waals surface area (Å²) in [5, 5.41) is 0. The van der Waals surface area contributed by atoms with Crippen LogP contribution in [0.5, 0.6) is 0 Å². The zero-order chi connectivity index (χ0) is 11.5. The fourth-order valence-electron chi connectivity index (χ4n) is 1.33. The summed E-state index contributed by atoms with van der Waals surface area (Å²) in [7, 11) is 0. The molecule has 0 aliphatic carbocycles. The van der Waals surface area contributed by atoms with Crippen molar-refractivity contribution in [1.82, 2.24) is 0 Å². The van der Waals surface area contributed by atoms with Gasteiger partial charge in [0.15, 0.2) is 6.29 Å². The summed E-state index contributed by atoms with van der Waals surface area (Å²) in [6.07, 6.45) is 7.07. The normalized spacial score (nSPS) is 12.4. The van der Waals surface area contributed by atoms with Crippen molar-refractivity contribution >= 4 is 0 Å². The molecule has 0 aromatic carbocycles. The largest absolute Gasteiger partial charge is 0.348 e. The molecule has 0 rings (SSSR count). The van der Waals surface area contributed by atoms with Gasteiger partial charge >= 0.3 is 0 Å².